The molecule has 0 aromatic carbocycles. The van der Waals surface area contributed by atoms with Crippen LogP contribution in [0.15, 0.2) is 60.3 Å². The van der Waals surface area contributed by atoms with Crippen LogP contribution < -0.4 is 5.56 Å². The predicted molar refractivity (Wildman–Crippen MR) is 153 cm³/mol. The van der Waals surface area contributed by atoms with E-state index in [-0.39, 0.29) is 53.3 Å². The first-order chi connectivity index (χ1) is 19.4. The van der Waals surface area contributed by atoms with Crippen molar-refractivity contribution in [3.8, 4) is 0 Å². The van der Waals surface area contributed by atoms with Gasteiger partial charge in [0, 0.05) is 47.3 Å². The van der Waals surface area contributed by atoms with Crippen LogP contribution >= 0.6 is 0 Å². The van der Waals surface area contributed by atoms with Crippen molar-refractivity contribution in [1.82, 2.24) is 9.55 Å². The molecule has 3 saturated carbocycles. The molecule has 0 spiro atoms. The van der Waals surface area contributed by atoms with Gasteiger partial charge >= 0.3 is 5.97 Å². The smallest absolute Gasteiger partial charge is 0.344 e. The lowest BCUT2D eigenvalue weighted by Crippen LogP contribution is -2.63. The van der Waals surface area contributed by atoms with Gasteiger partial charge in [-0.2, -0.15) is 0 Å². The summed E-state index contributed by atoms with van der Waals surface area (Å²) < 4.78 is 7.48. The normalized spacial score (nSPS) is 36.5. The van der Waals surface area contributed by atoms with E-state index >= 15 is 0 Å². The van der Waals surface area contributed by atoms with Crippen molar-refractivity contribution in [1.29, 1.82) is 0 Å². The number of esters is 1. The third kappa shape index (κ3) is 4.51. The summed E-state index contributed by atoms with van der Waals surface area (Å²) in [6.45, 7) is 12.0. The van der Waals surface area contributed by atoms with E-state index in [9.17, 15) is 24.3 Å². The number of hydrogen-bond donors (Lipinski definition) is 1. The Labute approximate surface area is 240 Å². The van der Waals surface area contributed by atoms with Crippen LogP contribution in [0.25, 0.3) is 0 Å². The molecule has 2 bridgehead atoms. The summed E-state index contributed by atoms with van der Waals surface area (Å²) in [7, 11) is 0. The minimum atomic E-state index is -0.796. The number of ketones is 2. The highest BCUT2D eigenvalue weighted by atomic mass is 16.5. The number of aliphatic hydroxyl groups is 1. The number of aliphatic hydroxyl groups excluding tert-OH is 1. The molecule has 2 aromatic heterocycles. The summed E-state index contributed by atoms with van der Waals surface area (Å²) in [6, 6.07) is 6.10. The zero-order chi connectivity index (χ0) is 29.7. The lowest BCUT2D eigenvalue weighted by Gasteiger charge is -2.61. The van der Waals surface area contributed by atoms with Crippen LogP contribution in [0.4, 0.5) is 0 Å². The molecule has 3 aliphatic rings. The van der Waals surface area contributed by atoms with Crippen LogP contribution in [0.5, 0.6) is 0 Å². The van der Waals surface area contributed by atoms with E-state index < -0.39 is 34.6 Å². The molecule has 1 N–H and O–H groups in total. The fourth-order valence-corrected chi connectivity index (χ4v) is 8.29. The summed E-state index contributed by atoms with van der Waals surface area (Å²) in [5.41, 5.74) is -2.25. The summed E-state index contributed by atoms with van der Waals surface area (Å²) in [5.74, 6) is -1.34. The van der Waals surface area contributed by atoms with E-state index in [1.54, 1.807) is 24.3 Å². The highest BCUT2D eigenvalue weighted by Crippen LogP contribution is 2.68. The number of pyridine rings is 2. The number of hydrogen-bond acceptors (Lipinski definition) is 7. The molecule has 0 radical (unpaired) electrons. The molecule has 2 heterocycles. The summed E-state index contributed by atoms with van der Waals surface area (Å²) in [5, 5.41) is 11.7. The lowest BCUT2D eigenvalue weighted by molar-refractivity contribution is -0.192. The molecule has 3 fully saturated rings. The van der Waals surface area contributed by atoms with Crippen molar-refractivity contribution < 1.29 is 24.2 Å². The van der Waals surface area contributed by atoms with E-state index in [4.69, 9.17) is 4.74 Å². The first-order valence-electron chi connectivity index (χ1n) is 14.6. The van der Waals surface area contributed by atoms with Gasteiger partial charge in [-0.15, -0.1) is 6.58 Å². The molecular weight excluding hydrogens is 520 g/mol. The fraction of sp³-hybridized carbons (Fsp3) is 0.545. The molecule has 0 amide bonds. The Morgan fingerprint density at radius 1 is 1.17 bits per heavy atom. The highest BCUT2D eigenvalue weighted by molar-refractivity contribution is 5.96. The van der Waals surface area contributed by atoms with Crippen LogP contribution in [0.3, 0.4) is 0 Å². The molecule has 0 saturated heterocycles. The van der Waals surface area contributed by atoms with Gasteiger partial charge in [0.1, 0.15) is 17.5 Å². The summed E-state index contributed by atoms with van der Waals surface area (Å²) in [4.78, 5) is 57.4. The van der Waals surface area contributed by atoms with Crippen LogP contribution in [0.1, 0.15) is 80.5 Å². The third-order valence-electron chi connectivity index (χ3n) is 11.1. The van der Waals surface area contributed by atoms with E-state index in [1.165, 1.54) is 29.2 Å². The number of Topliss-reactive ketones (excluding diaryl/α,β-unsaturated/α-hetero) is 2. The maximum Gasteiger partial charge on any atom is 0.344 e. The zero-order valence-electron chi connectivity index (χ0n) is 24.3. The maximum absolute atomic E-state index is 13.8. The average molecular weight is 561 g/mol. The van der Waals surface area contributed by atoms with Crippen LogP contribution in [0, 0.1) is 34.0 Å². The highest BCUT2D eigenvalue weighted by Gasteiger charge is 2.68. The van der Waals surface area contributed by atoms with Gasteiger partial charge in [0.15, 0.2) is 5.78 Å². The molecule has 41 heavy (non-hydrogen) atoms. The SMILES string of the molecule is C=C[C@]1(C)C[C@@H](OC(=O)c2cccn(CC(=O)c3ccncc3)c2=O)[C@@]2(C)C3C(=O)CCC3(CC[C@H]2C)[C@@H](C)[C@@H]1O. The second-order valence-corrected chi connectivity index (χ2v) is 13.0. The van der Waals surface area contributed by atoms with Gasteiger partial charge < -0.3 is 14.4 Å². The molecular formula is C33H40N2O6. The van der Waals surface area contributed by atoms with E-state index in [0.29, 0.717) is 18.4 Å². The summed E-state index contributed by atoms with van der Waals surface area (Å²) in [6.07, 6.45) is 7.82. The number of carbonyl (C=O) groups is 3. The molecule has 8 atom stereocenters. The first kappa shape index (κ1) is 29.1. The quantitative estimate of drug-likeness (QED) is 0.311. The molecule has 0 aliphatic heterocycles. The van der Waals surface area contributed by atoms with E-state index in [0.717, 1.165) is 12.8 Å². The zero-order valence-corrected chi connectivity index (χ0v) is 24.3. The van der Waals surface area contributed by atoms with Crippen molar-refractivity contribution in [2.45, 2.75) is 78.6 Å². The topological polar surface area (TPSA) is 116 Å². The second kappa shape index (κ2) is 10.5. The number of carbonyl (C=O) groups excluding carboxylic acids is 3. The number of nitrogens with zero attached hydrogens (tertiary/aromatic N) is 2. The molecule has 2 aromatic rings. The van der Waals surface area contributed by atoms with Gasteiger partial charge in [0.2, 0.25) is 0 Å². The minimum Gasteiger partial charge on any atom is -0.458 e. The molecule has 2 unspecified atom stereocenters. The van der Waals surface area contributed by atoms with Gasteiger partial charge in [-0.25, -0.2) is 4.79 Å². The van der Waals surface area contributed by atoms with Gasteiger partial charge in [-0.1, -0.05) is 33.8 Å². The Bertz CT molecular complexity index is 1430. The Morgan fingerprint density at radius 2 is 1.88 bits per heavy atom. The maximum atomic E-state index is 13.8. The van der Waals surface area contributed by atoms with Gasteiger partial charge in [0.25, 0.3) is 5.56 Å². The lowest BCUT2D eigenvalue weighted by atomic mass is 9.44. The van der Waals surface area contributed by atoms with Gasteiger partial charge in [0.05, 0.1) is 12.6 Å². The van der Waals surface area contributed by atoms with E-state index in [2.05, 4.69) is 32.3 Å². The summed E-state index contributed by atoms with van der Waals surface area (Å²) >= 11 is 0. The largest absolute Gasteiger partial charge is 0.458 e. The number of ether oxygens (including phenoxy) is 1. The minimum absolute atomic E-state index is 0.0717. The molecule has 8 nitrogen and oxygen atoms in total. The predicted octanol–water partition coefficient (Wildman–Crippen LogP) is 4.65. The van der Waals surface area contributed by atoms with Crippen LogP contribution in [-0.2, 0) is 16.1 Å². The number of aromatic nitrogens is 2. The van der Waals surface area contributed by atoms with Gasteiger partial charge in [-0.3, -0.25) is 19.4 Å². The molecule has 218 valence electrons. The van der Waals surface area contributed by atoms with Crippen LogP contribution in [-0.4, -0.2) is 44.4 Å². The number of rotatable bonds is 6. The molecule has 3 aliphatic carbocycles. The standard InChI is InChI=1S/C33H40N2O6/c1-6-31(4)18-26(32(5)20(2)9-13-33(21(3)28(31)38)14-10-24(36)27(32)33)41-30(40)23-8-7-17-35(29(23)39)19-25(37)22-11-15-34-16-12-22/h6-8,11-12,15-17,20-21,26-28,38H,1,9-10,13-14,18-19H2,2-5H3/t20-,21+,26-,27?,28+,31-,32+,33?/m1/s1. The molecule has 8 heteroatoms. The van der Waals surface area contributed by atoms with Crippen LogP contribution in [0.2, 0.25) is 0 Å². The molecule has 5 rings (SSSR count). The Morgan fingerprint density at radius 3 is 2.56 bits per heavy atom. The van der Waals surface area contributed by atoms with Gasteiger partial charge in [-0.05, 0) is 67.2 Å². The Balaban J connectivity index is 1.52. The Hall–Kier alpha value is -3.39. The average Bonchev–Trinajstić information content (AvgIpc) is 3.32. The first-order valence-corrected chi connectivity index (χ1v) is 14.6. The third-order valence-corrected chi connectivity index (χ3v) is 11.1. The van der Waals surface area contributed by atoms with Crippen molar-refractivity contribution in [2.75, 3.05) is 0 Å². The second-order valence-electron chi connectivity index (χ2n) is 13.0. The van der Waals surface area contributed by atoms with Crippen molar-refractivity contribution in [3.05, 3.63) is 77.0 Å². The Kier molecular flexibility index (Phi) is 7.43. The fourth-order valence-electron chi connectivity index (χ4n) is 8.29. The van der Waals surface area contributed by atoms with Crippen molar-refractivity contribution in [3.63, 3.8) is 0 Å². The van der Waals surface area contributed by atoms with Crippen molar-refractivity contribution in [2.24, 2.45) is 34.0 Å². The van der Waals surface area contributed by atoms with E-state index in [1.807, 2.05) is 6.92 Å². The van der Waals surface area contributed by atoms with Crippen molar-refractivity contribution >= 4 is 17.5 Å². The monoisotopic (exact) mass is 560 g/mol.